The maximum absolute atomic E-state index is 12.5. The normalized spacial score (nSPS) is 19.0. The molecule has 1 fully saturated rings. The van der Waals surface area contributed by atoms with E-state index in [9.17, 15) is 13.2 Å². The molecule has 2 heterocycles. The minimum Gasteiger partial charge on any atom is -0.349 e. The van der Waals surface area contributed by atoms with Gasteiger partial charge in [-0.15, -0.1) is 0 Å². The van der Waals surface area contributed by atoms with Gasteiger partial charge in [-0.2, -0.15) is 0 Å². The summed E-state index contributed by atoms with van der Waals surface area (Å²) in [6.07, 6.45) is 5.00. The first-order chi connectivity index (χ1) is 11.9. The largest absolute Gasteiger partial charge is 0.349 e. The lowest BCUT2D eigenvalue weighted by Gasteiger charge is -2.32. The van der Waals surface area contributed by atoms with Crippen molar-refractivity contribution in [2.24, 2.45) is 0 Å². The van der Waals surface area contributed by atoms with Crippen LogP contribution >= 0.6 is 0 Å². The van der Waals surface area contributed by atoms with E-state index in [1.807, 2.05) is 6.07 Å². The molecule has 0 aromatic heterocycles. The van der Waals surface area contributed by atoms with Crippen LogP contribution in [-0.4, -0.2) is 57.7 Å². The smallest absolute Gasteiger partial charge is 0.251 e. The van der Waals surface area contributed by atoms with Gasteiger partial charge in [-0.25, -0.2) is 8.42 Å². The van der Waals surface area contributed by atoms with Crippen LogP contribution in [0.15, 0.2) is 18.2 Å². The summed E-state index contributed by atoms with van der Waals surface area (Å²) in [6, 6.07) is 5.54. The molecule has 0 atom stereocenters. The van der Waals surface area contributed by atoms with E-state index in [4.69, 9.17) is 0 Å². The van der Waals surface area contributed by atoms with Crippen LogP contribution < -0.4 is 9.62 Å². The summed E-state index contributed by atoms with van der Waals surface area (Å²) in [4.78, 5) is 15.0. The number of likely N-dealkylation sites (tertiary alicyclic amines) is 1. The second kappa shape index (κ2) is 7.33. The second-order valence-corrected chi connectivity index (χ2v) is 8.92. The Bertz CT molecular complexity index is 740. The molecule has 1 aromatic rings. The highest BCUT2D eigenvalue weighted by Crippen LogP contribution is 2.30. The van der Waals surface area contributed by atoms with Crippen molar-refractivity contribution in [1.29, 1.82) is 0 Å². The van der Waals surface area contributed by atoms with Crippen molar-refractivity contribution in [3.8, 4) is 0 Å². The molecule has 0 aliphatic carbocycles. The van der Waals surface area contributed by atoms with E-state index in [1.54, 1.807) is 12.1 Å². The Morgan fingerprint density at radius 3 is 2.60 bits per heavy atom. The van der Waals surface area contributed by atoms with Crippen molar-refractivity contribution >= 4 is 21.6 Å². The van der Waals surface area contributed by atoms with Crippen molar-refractivity contribution in [3.05, 3.63) is 29.3 Å². The van der Waals surface area contributed by atoms with Crippen LogP contribution in [0.4, 0.5) is 5.69 Å². The highest BCUT2D eigenvalue weighted by atomic mass is 32.2. The summed E-state index contributed by atoms with van der Waals surface area (Å²) in [7, 11) is -3.25. The summed E-state index contributed by atoms with van der Waals surface area (Å²) in [5.74, 6) is -0.0606. The van der Waals surface area contributed by atoms with Crippen LogP contribution in [-0.2, 0) is 16.4 Å². The molecule has 2 aliphatic rings. The van der Waals surface area contributed by atoms with E-state index in [0.29, 0.717) is 24.2 Å². The molecule has 0 radical (unpaired) electrons. The van der Waals surface area contributed by atoms with Gasteiger partial charge in [0.15, 0.2) is 0 Å². The number of nitrogens with zero attached hydrogens (tertiary/aromatic N) is 2. The molecule has 0 saturated carbocycles. The highest BCUT2D eigenvalue weighted by molar-refractivity contribution is 7.92. The van der Waals surface area contributed by atoms with Crippen molar-refractivity contribution < 1.29 is 13.2 Å². The quantitative estimate of drug-likeness (QED) is 0.861. The Kier molecular flexibility index (Phi) is 5.34. The van der Waals surface area contributed by atoms with Crippen molar-refractivity contribution in [3.63, 3.8) is 0 Å². The fourth-order valence-corrected chi connectivity index (χ4v) is 4.70. The summed E-state index contributed by atoms with van der Waals surface area (Å²) in [5.41, 5.74) is 2.24. The maximum atomic E-state index is 12.5. The number of hydrogen-bond acceptors (Lipinski definition) is 4. The van der Waals surface area contributed by atoms with Crippen molar-refractivity contribution in [2.75, 3.05) is 36.7 Å². The molecule has 1 N–H and O–H groups in total. The van der Waals surface area contributed by atoms with Gasteiger partial charge in [-0.1, -0.05) is 6.92 Å². The van der Waals surface area contributed by atoms with E-state index in [-0.39, 0.29) is 11.9 Å². The molecule has 0 spiro atoms. The molecule has 0 bridgehead atoms. The lowest BCUT2D eigenvalue weighted by atomic mass is 10.0. The third kappa shape index (κ3) is 4.15. The lowest BCUT2D eigenvalue weighted by molar-refractivity contribution is 0.0911. The van der Waals surface area contributed by atoms with Gasteiger partial charge in [-0.3, -0.25) is 9.10 Å². The molecule has 2 aliphatic heterocycles. The number of amides is 1. The summed E-state index contributed by atoms with van der Waals surface area (Å²) in [5, 5.41) is 3.13. The Hall–Kier alpha value is -1.60. The SMILES string of the molecule is CCCN1CCC(NC(=O)c2ccc3c(c2)CCN3S(C)(=O)=O)CC1. The molecule has 1 aromatic carbocycles. The molecule has 1 saturated heterocycles. The van der Waals surface area contributed by atoms with Crippen molar-refractivity contribution in [2.45, 2.75) is 38.6 Å². The highest BCUT2D eigenvalue weighted by Gasteiger charge is 2.27. The molecule has 1 amide bonds. The predicted molar refractivity (Wildman–Crippen MR) is 99.6 cm³/mol. The van der Waals surface area contributed by atoms with Crippen LogP contribution in [0, 0.1) is 0 Å². The van der Waals surface area contributed by atoms with Crippen molar-refractivity contribution in [1.82, 2.24) is 10.2 Å². The summed E-state index contributed by atoms with van der Waals surface area (Å²) in [6.45, 7) is 5.84. The van der Waals surface area contributed by atoms with Crippen LogP contribution in [0.1, 0.15) is 42.1 Å². The molecule has 25 heavy (non-hydrogen) atoms. The van der Waals surface area contributed by atoms with Gasteiger partial charge >= 0.3 is 0 Å². The average molecular weight is 365 g/mol. The molecular formula is C18H27N3O3S. The first kappa shape index (κ1) is 18.2. The van der Waals surface area contributed by atoms with Gasteiger partial charge in [-0.05, 0) is 56.0 Å². The average Bonchev–Trinajstić information content (AvgIpc) is 3.00. The van der Waals surface area contributed by atoms with E-state index in [1.165, 1.54) is 10.6 Å². The molecule has 138 valence electrons. The number of piperidine rings is 1. The minimum atomic E-state index is -3.25. The molecule has 3 rings (SSSR count). The predicted octanol–water partition coefficient (Wildman–Crippen LogP) is 1.61. The van der Waals surface area contributed by atoms with Crippen LogP contribution in [0.3, 0.4) is 0 Å². The number of benzene rings is 1. The number of hydrogen-bond donors (Lipinski definition) is 1. The zero-order chi connectivity index (χ0) is 18.0. The van der Waals surface area contributed by atoms with Gasteiger partial charge in [0.25, 0.3) is 5.91 Å². The Balaban J connectivity index is 1.63. The van der Waals surface area contributed by atoms with Gasteiger partial charge in [0.05, 0.1) is 11.9 Å². The number of carbonyl (C=O) groups excluding carboxylic acids is 1. The van der Waals surface area contributed by atoms with Crippen LogP contribution in [0.5, 0.6) is 0 Å². The van der Waals surface area contributed by atoms with E-state index in [2.05, 4.69) is 17.1 Å². The maximum Gasteiger partial charge on any atom is 0.251 e. The molecule has 7 heteroatoms. The number of nitrogens with one attached hydrogen (secondary N) is 1. The number of rotatable bonds is 5. The van der Waals surface area contributed by atoms with E-state index < -0.39 is 10.0 Å². The van der Waals surface area contributed by atoms with E-state index in [0.717, 1.165) is 44.5 Å². The fraction of sp³-hybridized carbons (Fsp3) is 0.611. The summed E-state index contributed by atoms with van der Waals surface area (Å²) >= 11 is 0. The van der Waals surface area contributed by atoms with Crippen LogP contribution in [0.25, 0.3) is 0 Å². The number of sulfonamides is 1. The molecular weight excluding hydrogens is 338 g/mol. The standard InChI is InChI=1S/C18H27N3O3S/c1-3-9-20-10-7-16(8-11-20)19-18(22)15-4-5-17-14(13-15)6-12-21(17)25(2,23)24/h4-5,13,16H,3,6-12H2,1-2H3,(H,19,22). The van der Waals surface area contributed by atoms with Gasteiger partial charge < -0.3 is 10.2 Å². The zero-order valence-electron chi connectivity index (χ0n) is 15.0. The lowest BCUT2D eigenvalue weighted by Crippen LogP contribution is -2.44. The zero-order valence-corrected chi connectivity index (χ0v) is 15.8. The first-order valence-electron chi connectivity index (χ1n) is 9.02. The third-order valence-electron chi connectivity index (χ3n) is 5.06. The van der Waals surface area contributed by atoms with Crippen LogP contribution in [0.2, 0.25) is 0 Å². The van der Waals surface area contributed by atoms with Gasteiger partial charge in [0.1, 0.15) is 0 Å². The summed E-state index contributed by atoms with van der Waals surface area (Å²) < 4.78 is 25.0. The Morgan fingerprint density at radius 2 is 1.96 bits per heavy atom. The van der Waals surface area contributed by atoms with E-state index >= 15 is 0 Å². The Labute approximate surface area is 150 Å². The van der Waals surface area contributed by atoms with Gasteiger partial charge in [0, 0.05) is 31.2 Å². The number of anilines is 1. The third-order valence-corrected chi connectivity index (χ3v) is 6.24. The van der Waals surface area contributed by atoms with Gasteiger partial charge in [0.2, 0.25) is 10.0 Å². The molecule has 6 nitrogen and oxygen atoms in total. The topological polar surface area (TPSA) is 69.7 Å². The molecule has 0 unspecified atom stereocenters. The fourth-order valence-electron chi connectivity index (χ4n) is 3.74. The Morgan fingerprint density at radius 1 is 1.24 bits per heavy atom. The second-order valence-electron chi connectivity index (χ2n) is 7.02. The number of fused-ring (bicyclic) bond motifs is 1. The number of carbonyl (C=O) groups is 1. The monoisotopic (exact) mass is 365 g/mol. The first-order valence-corrected chi connectivity index (χ1v) is 10.9. The minimum absolute atomic E-state index is 0.0606.